The molecular weight excluding hydrogens is 1090 g/mol. The first-order valence-electron chi connectivity index (χ1n) is 28.3. The molecule has 466 valence electrons. The molecule has 0 radical (unpaired) electrons. The lowest BCUT2D eigenvalue weighted by atomic mass is 9.91. The van der Waals surface area contributed by atoms with Crippen molar-refractivity contribution in [2.24, 2.45) is 17.6 Å². The van der Waals surface area contributed by atoms with Crippen LogP contribution in [0.4, 0.5) is 4.79 Å². The Labute approximate surface area is 480 Å². The number of nitrogens with zero attached hydrogens (tertiary/aromatic N) is 2. The van der Waals surface area contributed by atoms with E-state index in [-0.39, 0.29) is 30.7 Å². The molecule has 0 aromatic heterocycles. The highest BCUT2D eigenvalue weighted by molar-refractivity contribution is 5.98. The third-order valence-electron chi connectivity index (χ3n) is 15.1. The average Bonchev–Trinajstić information content (AvgIpc) is 4.05. The number of aliphatic carboxylic acids is 1. The van der Waals surface area contributed by atoms with Gasteiger partial charge in [0.25, 0.3) is 0 Å². The van der Waals surface area contributed by atoms with Crippen molar-refractivity contribution in [3.05, 3.63) is 29.8 Å². The number of hydrogen-bond donors (Lipinski definition) is 16. The third kappa shape index (κ3) is 20.9. The maximum absolute atomic E-state index is 14.6. The predicted octanol–water partition coefficient (Wildman–Crippen LogP) is -3.48. The number of carboxylic acid groups (broad SMARTS) is 1. The first kappa shape index (κ1) is 68.9. The number of nitrogens with two attached hydrogens (primary N) is 1. The molecule has 3 aliphatic rings. The van der Waals surface area contributed by atoms with E-state index in [0.29, 0.717) is 29.6 Å². The molecule has 16 atom stereocenters. The number of nitrogens with one attached hydrogen (secondary N) is 6. The fourth-order valence-electron chi connectivity index (χ4n) is 10.3. The highest BCUT2D eigenvalue weighted by Gasteiger charge is 2.49. The van der Waals surface area contributed by atoms with Crippen molar-refractivity contribution in [1.82, 2.24) is 41.7 Å². The van der Waals surface area contributed by atoms with E-state index in [1.807, 2.05) is 5.32 Å². The molecule has 3 heterocycles. The van der Waals surface area contributed by atoms with Crippen molar-refractivity contribution in [3.8, 4) is 5.75 Å². The molecule has 0 aliphatic carbocycles. The fraction of sp³-hybridized carbons (Fsp3) is 0.704. The molecule has 0 spiro atoms. The summed E-state index contributed by atoms with van der Waals surface area (Å²) in [6.07, 6.45) is -12.4. The Morgan fingerprint density at radius 3 is 1.96 bits per heavy atom. The van der Waals surface area contributed by atoms with Gasteiger partial charge in [0.1, 0.15) is 60.3 Å². The largest absolute Gasteiger partial charge is 0.481 e. The van der Waals surface area contributed by atoms with Gasteiger partial charge in [-0.25, -0.2) is 4.79 Å². The maximum atomic E-state index is 14.6. The monoisotopic (exact) mass is 1180 g/mol. The van der Waals surface area contributed by atoms with Crippen LogP contribution >= 0.6 is 0 Å². The number of aliphatic hydroxyl groups is 8. The van der Waals surface area contributed by atoms with Crippen LogP contribution in [0.15, 0.2) is 24.3 Å². The first-order chi connectivity index (χ1) is 39.1. The van der Waals surface area contributed by atoms with Gasteiger partial charge in [0.2, 0.25) is 47.3 Å². The number of carboxylic acids is 1. The van der Waals surface area contributed by atoms with Crippen LogP contribution in [0, 0.1) is 11.8 Å². The number of benzene rings is 1. The minimum Gasteiger partial charge on any atom is -0.481 e. The zero-order valence-electron chi connectivity index (χ0n) is 47.3. The summed E-state index contributed by atoms with van der Waals surface area (Å²) >= 11 is 0. The molecule has 83 heavy (non-hydrogen) atoms. The van der Waals surface area contributed by atoms with Gasteiger partial charge in [0, 0.05) is 38.9 Å². The molecule has 0 saturated carbocycles. The lowest BCUT2D eigenvalue weighted by Gasteiger charge is -2.34. The van der Waals surface area contributed by atoms with E-state index in [0.717, 1.165) is 74.6 Å². The zero-order chi connectivity index (χ0) is 61.8. The van der Waals surface area contributed by atoms with Crippen molar-refractivity contribution < 1.29 is 98.6 Å². The van der Waals surface area contributed by atoms with Gasteiger partial charge >= 0.3 is 12.1 Å². The molecule has 0 bridgehead atoms. The number of rotatable bonds is 24. The zero-order valence-corrected chi connectivity index (χ0v) is 47.3. The van der Waals surface area contributed by atoms with Gasteiger partial charge in [-0.2, -0.15) is 0 Å². The lowest BCUT2D eigenvalue weighted by Crippen LogP contribution is -2.64. The molecule has 9 amide bonds. The number of fused-ring (bicyclic) bond motifs is 2. The molecule has 3 saturated heterocycles. The predicted molar refractivity (Wildman–Crippen MR) is 290 cm³/mol. The minimum atomic E-state index is -2.47. The smallest absolute Gasteiger partial charge is 0.412 e. The Morgan fingerprint density at radius 1 is 0.723 bits per heavy atom. The number of carbonyl (C=O) groups is 10. The number of carbonyl (C=O) groups excluding carboxylic acids is 9. The van der Waals surface area contributed by atoms with Crippen LogP contribution in [0.5, 0.6) is 5.75 Å². The molecule has 29 heteroatoms. The Kier molecular flexibility index (Phi) is 27.4. The van der Waals surface area contributed by atoms with Crippen molar-refractivity contribution in [1.29, 1.82) is 0 Å². The van der Waals surface area contributed by atoms with Gasteiger partial charge in [-0.05, 0) is 55.7 Å². The Bertz CT molecular complexity index is 2380. The maximum Gasteiger partial charge on any atom is 0.412 e. The van der Waals surface area contributed by atoms with E-state index in [2.05, 4.69) is 47.4 Å². The number of hydrogen-bond acceptors (Lipinski definition) is 19. The number of amides is 9. The summed E-state index contributed by atoms with van der Waals surface area (Å²) in [6, 6.07) is -7.81. The minimum absolute atomic E-state index is 0.102. The number of ether oxygens (including phenoxy) is 1. The summed E-state index contributed by atoms with van der Waals surface area (Å²) in [7, 11) is 0. The van der Waals surface area contributed by atoms with Crippen LogP contribution in [-0.2, 0) is 43.2 Å². The molecular formula is C54H85N9O20. The second-order valence-electron chi connectivity index (χ2n) is 22.0. The van der Waals surface area contributed by atoms with Crippen LogP contribution in [0.3, 0.4) is 0 Å². The Balaban J connectivity index is 1.70. The third-order valence-corrected chi connectivity index (χ3v) is 15.1. The van der Waals surface area contributed by atoms with Crippen molar-refractivity contribution in [3.63, 3.8) is 0 Å². The van der Waals surface area contributed by atoms with Gasteiger partial charge in [-0.15, -0.1) is 0 Å². The molecule has 1 aromatic carbocycles. The van der Waals surface area contributed by atoms with Gasteiger partial charge < -0.3 is 98.1 Å². The quantitative estimate of drug-likeness (QED) is 0.0447. The van der Waals surface area contributed by atoms with E-state index >= 15 is 0 Å². The Morgan fingerprint density at radius 2 is 1.34 bits per heavy atom. The number of aliphatic hydroxyl groups excluding tert-OH is 8. The van der Waals surface area contributed by atoms with E-state index in [1.54, 1.807) is 0 Å². The second kappa shape index (κ2) is 33.0. The Hall–Kier alpha value is -6.60. The molecule has 3 aliphatic heterocycles. The summed E-state index contributed by atoms with van der Waals surface area (Å²) in [5, 5.41) is 112. The topological polar surface area (TPSA) is 467 Å². The lowest BCUT2D eigenvalue weighted by molar-refractivity contribution is -0.149. The average molecular weight is 1180 g/mol. The van der Waals surface area contributed by atoms with Crippen LogP contribution < -0.4 is 42.4 Å². The summed E-state index contributed by atoms with van der Waals surface area (Å²) in [6.45, 7) is 6.35. The van der Waals surface area contributed by atoms with E-state index in [9.17, 15) is 88.8 Å². The fourth-order valence-corrected chi connectivity index (χ4v) is 10.3. The molecule has 17 N–H and O–H groups in total. The van der Waals surface area contributed by atoms with Crippen LogP contribution in [0.2, 0.25) is 0 Å². The summed E-state index contributed by atoms with van der Waals surface area (Å²) in [4.78, 5) is 136. The highest BCUT2D eigenvalue weighted by Crippen LogP contribution is 2.27. The van der Waals surface area contributed by atoms with Gasteiger partial charge in [0.15, 0.2) is 6.23 Å². The van der Waals surface area contributed by atoms with Crippen molar-refractivity contribution >= 4 is 59.3 Å². The van der Waals surface area contributed by atoms with Crippen LogP contribution in [0.1, 0.15) is 136 Å². The SMILES string of the molecule is CCC(C)CC(C)CCCCCCCCC(=O)N[C@H]1C[C@@H](O)[C@@H](O)NC(=O)[C@@H]2[C@@H](O)CCN2C(=O)[C@H]([C@@H](O)CC(N)=O)NC(=O)[C@H]([C@H](O)[C@@H](O)c2ccc(OC(=O)NCCC(=O)O)cc2)NC(=O)[C@@H]2C[C@@H](O)CN2C(=O)[C@H]([C@H](C)O)NC1=O. The van der Waals surface area contributed by atoms with Gasteiger partial charge in [-0.3, -0.25) is 43.2 Å². The standard InChI is InChI=1S/C54H85N9O20/c1-5-27(2)22-28(3)12-10-8-6-7-9-11-13-39(70)57-33-24-37(68)49(77)61-51(79)44-35(66)19-21-62(44)53(81)42(36(67)25-38(55)69)59-50(78)43(46(74)45(73)30-14-16-32(17-15-30)83-54(82)56-20-18-40(71)72)60-48(76)34-23-31(65)26-63(34)52(80)41(29(4)64)58-47(33)75/h14-17,27-29,31,33-37,41-46,49,64-68,73-74,77H,5-13,18-26H2,1-4H3,(H2,55,69)(H,56,82)(H,57,70)(H,58,75)(H,59,78)(H,60,76)(H,61,79)(H,71,72)/t27?,28?,29-,31+,33-,34-,35-,36-,37+,41-,42-,43-,44-,45-,46-,49+/m0/s1. The van der Waals surface area contributed by atoms with Crippen LogP contribution in [-0.4, -0.2) is 214 Å². The first-order valence-corrected chi connectivity index (χ1v) is 28.3. The normalized spacial score (nSPS) is 27.2. The van der Waals surface area contributed by atoms with Crippen molar-refractivity contribution in [2.75, 3.05) is 19.6 Å². The molecule has 4 rings (SSSR count). The van der Waals surface area contributed by atoms with Gasteiger partial charge in [0.05, 0.1) is 37.3 Å². The molecule has 2 unspecified atom stereocenters. The second-order valence-corrected chi connectivity index (χ2v) is 22.0. The summed E-state index contributed by atoms with van der Waals surface area (Å²) in [5.74, 6) is -10.0. The summed E-state index contributed by atoms with van der Waals surface area (Å²) < 4.78 is 5.09. The highest BCUT2D eigenvalue weighted by atomic mass is 16.6. The molecule has 3 fully saturated rings. The van der Waals surface area contributed by atoms with Crippen molar-refractivity contribution in [2.45, 2.75) is 209 Å². The molecule has 29 nitrogen and oxygen atoms in total. The number of primary amides is 1. The number of unbranched alkanes of at least 4 members (excludes halogenated alkanes) is 5. The van der Waals surface area contributed by atoms with E-state index < -0.39 is 183 Å². The molecule has 1 aromatic rings. The van der Waals surface area contributed by atoms with Crippen LogP contribution in [0.25, 0.3) is 0 Å². The van der Waals surface area contributed by atoms with E-state index in [1.165, 1.54) is 6.42 Å². The van der Waals surface area contributed by atoms with Gasteiger partial charge in [-0.1, -0.05) is 77.8 Å². The summed E-state index contributed by atoms with van der Waals surface area (Å²) in [5.41, 5.74) is 5.13. The van der Waals surface area contributed by atoms with E-state index in [4.69, 9.17) is 15.6 Å².